The second-order valence-corrected chi connectivity index (χ2v) is 8.08. The summed E-state index contributed by atoms with van der Waals surface area (Å²) < 4.78 is 30.7. The first-order valence-corrected chi connectivity index (χ1v) is 10.2. The summed E-state index contributed by atoms with van der Waals surface area (Å²) in [5, 5.41) is 7.88. The maximum atomic E-state index is 12.8. The SMILES string of the molecule is COc1ccc(S(=O)(=O)Cc2nc(N(C(N)=O)c3ccccc3)nnc2C)cc1. The lowest BCUT2D eigenvalue weighted by atomic mass is 10.3. The Hall–Kier alpha value is -3.53. The van der Waals surface area contributed by atoms with Crippen molar-refractivity contribution in [2.24, 2.45) is 5.73 Å². The van der Waals surface area contributed by atoms with Crippen LogP contribution in [0.4, 0.5) is 16.4 Å². The fourth-order valence-electron chi connectivity index (χ4n) is 2.60. The van der Waals surface area contributed by atoms with E-state index in [1.165, 1.54) is 19.2 Å². The summed E-state index contributed by atoms with van der Waals surface area (Å²) >= 11 is 0. The highest BCUT2D eigenvalue weighted by Gasteiger charge is 2.23. The molecule has 3 aromatic rings. The number of methoxy groups -OCH3 is 1. The number of hydrogen-bond donors (Lipinski definition) is 1. The number of sulfone groups is 1. The highest BCUT2D eigenvalue weighted by molar-refractivity contribution is 7.90. The maximum absolute atomic E-state index is 12.8. The summed E-state index contributed by atoms with van der Waals surface area (Å²) in [5.74, 6) is 0.0371. The zero-order valence-electron chi connectivity index (χ0n) is 15.8. The van der Waals surface area contributed by atoms with Crippen LogP contribution in [0.25, 0.3) is 0 Å². The van der Waals surface area contributed by atoms with Gasteiger partial charge in [0.25, 0.3) is 5.95 Å². The molecule has 9 nitrogen and oxygen atoms in total. The molecule has 0 unspecified atom stereocenters. The van der Waals surface area contributed by atoms with Gasteiger partial charge in [0, 0.05) is 0 Å². The summed E-state index contributed by atoms with van der Waals surface area (Å²) in [5.41, 5.74) is 6.43. The van der Waals surface area contributed by atoms with Crippen LogP contribution in [0.15, 0.2) is 59.5 Å². The molecule has 1 heterocycles. The molecular formula is C19H19N5O4S. The fraction of sp³-hybridized carbons (Fsp3) is 0.158. The molecule has 2 aromatic carbocycles. The van der Waals surface area contributed by atoms with Crippen molar-refractivity contribution in [1.29, 1.82) is 0 Å². The van der Waals surface area contributed by atoms with Gasteiger partial charge in [0.15, 0.2) is 9.84 Å². The Balaban J connectivity index is 1.97. The van der Waals surface area contributed by atoms with Crippen LogP contribution in [0, 0.1) is 6.92 Å². The first kappa shape index (κ1) is 20.2. The number of carbonyl (C=O) groups excluding carboxylic acids is 1. The van der Waals surface area contributed by atoms with E-state index in [4.69, 9.17) is 10.5 Å². The Morgan fingerprint density at radius 2 is 1.72 bits per heavy atom. The van der Waals surface area contributed by atoms with Gasteiger partial charge in [0.1, 0.15) is 5.75 Å². The molecule has 0 aliphatic carbocycles. The van der Waals surface area contributed by atoms with E-state index in [2.05, 4.69) is 15.2 Å². The molecule has 0 radical (unpaired) electrons. The van der Waals surface area contributed by atoms with Crippen molar-refractivity contribution in [3.63, 3.8) is 0 Å². The number of hydrogen-bond acceptors (Lipinski definition) is 7. The number of urea groups is 1. The van der Waals surface area contributed by atoms with E-state index in [1.807, 2.05) is 0 Å². The molecule has 0 aliphatic rings. The number of aryl methyl sites for hydroxylation is 1. The lowest BCUT2D eigenvalue weighted by Crippen LogP contribution is -2.33. The van der Waals surface area contributed by atoms with E-state index in [-0.39, 0.29) is 16.5 Å². The third-order valence-corrected chi connectivity index (χ3v) is 5.77. The molecule has 2 N–H and O–H groups in total. The van der Waals surface area contributed by atoms with Crippen molar-refractivity contribution < 1.29 is 17.9 Å². The molecular weight excluding hydrogens is 394 g/mol. The van der Waals surface area contributed by atoms with E-state index < -0.39 is 21.6 Å². The Labute approximate surface area is 168 Å². The number of aromatic nitrogens is 3. The van der Waals surface area contributed by atoms with Crippen molar-refractivity contribution in [2.45, 2.75) is 17.6 Å². The van der Waals surface area contributed by atoms with E-state index >= 15 is 0 Å². The summed E-state index contributed by atoms with van der Waals surface area (Å²) in [6.45, 7) is 1.60. The highest BCUT2D eigenvalue weighted by atomic mass is 32.2. The summed E-state index contributed by atoms with van der Waals surface area (Å²) in [7, 11) is -2.21. The van der Waals surface area contributed by atoms with Crippen LogP contribution in [0.2, 0.25) is 0 Å². The number of rotatable bonds is 6. The third-order valence-electron chi connectivity index (χ3n) is 4.12. The largest absolute Gasteiger partial charge is 0.497 e. The van der Waals surface area contributed by atoms with Gasteiger partial charge in [-0.1, -0.05) is 18.2 Å². The maximum Gasteiger partial charge on any atom is 0.326 e. The molecule has 0 atom stereocenters. The molecule has 3 rings (SSSR count). The predicted octanol–water partition coefficient (Wildman–Crippen LogP) is 2.38. The van der Waals surface area contributed by atoms with Gasteiger partial charge in [-0.25, -0.2) is 23.1 Å². The van der Waals surface area contributed by atoms with Gasteiger partial charge in [-0.15, -0.1) is 5.10 Å². The van der Waals surface area contributed by atoms with Crippen molar-refractivity contribution in [3.05, 3.63) is 66.0 Å². The number of anilines is 2. The predicted molar refractivity (Wildman–Crippen MR) is 107 cm³/mol. The van der Waals surface area contributed by atoms with Gasteiger partial charge in [-0.05, 0) is 43.3 Å². The number of carbonyl (C=O) groups is 1. The Bertz CT molecular complexity index is 1120. The van der Waals surface area contributed by atoms with Crippen LogP contribution in [-0.2, 0) is 15.6 Å². The molecule has 150 valence electrons. The van der Waals surface area contributed by atoms with E-state index in [9.17, 15) is 13.2 Å². The Morgan fingerprint density at radius 1 is 1.07 bits per heavy atom. The molecule has 0 spiro atoms. The van der Waals surface area contributed by atoms with Gasteiger partial charge in [0.05, 0.1) is 34.8 Å². The molecule has 0 saturated carbocycles. The van der Waals surface area contributed by atoms with Crippen LogP contribution < -0.4 is 15.4 Å². The van der Waals surface area contributed by atoms with Crippen LogP contribution in [0.3, 0.4) is 0 Å². The van der Waals surface area contributed by atoms with Crippen LogP contribution in [0.5, 0.6) is 5.75 Å². The first-order chi connectivity index (χ1) is 13.8. The average Bonchev–Trinajstić information content (AvgIpc) is 2.71. The van der Waals surface area contributed by atoms with Gasteiger partial charge >= 0.3 is 6.03 Å². The lowest BCUT2D eigenvalue weighted by Gasteiger charge is -2.18. The monoisotopic (exact) mass is 413 g/mol. The van der Waals surface area contributed by atoms with Crippen molar-refractivity contribution in [3.8, 4) is 5.75 Å². The highest BCUT2D eigenvalue weighted by Crippen LogP contribution is 2.24. The zero-order valence-corrected chi connectivity index (χ0v) is 16.6. The molecule has 0 bridgehead atoms. The van der Waals surface area contributed by atoms with Crippen molar-refractivity contribution in [1.82, 2.24) is 15.2 Å². The number of ether oxygens (including phenoxy) is 1. The van der Waals surface area contributed by atoms with E-state index in [0.29, 0.717) is 17.1 Å². The van der Waals surface area contributed by atoms with Gasteiger partial charge in [0.2, 0.25) is 0 Å². The van der Waals surface area contributed by atoms with E-state index in [0.717, 1.165) is 4.90 Å². The average molecular weight is 413 g/mol. The lowest BCUT2D eigenvalue weighted by molar-refractivity contribution is 0.255. The van der Waals surface area contributed by atoms with Gasteiger partial charge in [-0.2, -0.15) is 5.10 Å². The number of primary amides is 1. The van der Waals surface area contributed by atoms with Gasteiger partial charge in [-0.3, -0.25) is 0 Å². The number of para-hydroxylation sites is 1. The minimum absolute atomic E-state index is 0.103. The minimum Gasteiger partial charge on any atom is -0.497 e. The second-order valence-electron chi connectivity index (χ2n) is 6.09. The normalized spacial score (nSPS) is 11.1. The molecule has 2 amide bonds. The molecule has 1 aromatic heterocycles. The van der Waals surface area contributed by atoms with Gasteiger partial charge < -0.3 is 10.5 Å². The Kier molecular flexibility index (Phi) is 5.74. The molecule has 10 heteroatoms. The smallest absolute Gasteiger partial charge is 0.326 e. The molecule has 0 aliphatic heterocycles. The topological polar surface area (TPSA) is 128 Å². The standard InChI is InChI=1S/C19H19N5O4S/c1-13-17(12-29(26,27)16-10-8-15(28-2)9-11-16)21-19(23-22-13)24(18(20)25)14-6-4-3-5-7-14/h3-11H,12H2,1-2H3,(H2,20,25). The first-order valence-electron chi connectivity index (χ1n) is 8.53. The van der Waals surface area contributed by atoms with Crippen molar-refractivity contribution in [2.75, 3.05) is 12.0 Å². The van der Waals surface area contributed by atoms with E-state index in [1.54, 1.807) is 49.4 Å². The summed E-state index contributed by atoms with van der Waals surface area (Å²) in [6.07, 6.45) is 0. The number of benzene rings is 2. The molecule has 0 saturated heterocycles. The number of nitrogens with zero attached hydrogens (tertiary/aromatic N) is 4. The third kappa shape index (κ3) is 4.49. The Morgan fingerprint density at radius 3 is 2.31 bits per heavy atom. The molecule has 0 fully saturated rings. The van der Waals surface area contributed by atoms with Crippen LogP contribution >= 0.6 is 0 Å². The zero-order chi connectivity index (χ0) is 21.0. The second kappa shape index (κ2) is 8.23. The van der Waals surface area contributed by atoms with Crippen LogP contribution in [0.1, 0.15) is 11.4 Å². The summed E-state index contributed by atoms with van der Waals surface area (Å²) in [6, 6.07) is 13.8. The quantitative estimate of drug-likeness (QED) is 0.657. The minimum atomic E-state index is -3.71. The van der Waals surface area contributed by atoms with Crippen LogP contribution in [-0.4, -0.2) is 36.7 Å². The molecule has 29 heavy (non-hydrogen) atoms. The number of nitrogens with two attached hydrogens (primary N) is 1. The van der Waals surface area contributed by atoms with Crippen molar-refractivity contribution >= 4 is 27.5 Å². The summed E-state index contributed by atoms with van der Waals surface area (Å²) in [4.78, 5) is 17.4. The fourth-order valence-corrected chi connectivity index (χ4v) is 3.95. The number of amides is 2.